The first kappa shape index (κ1) is 12.0. The average molecular weight is 239 g/mol. The standard InChI is InChI=1S/C15H13NO2/c1-11(14-6-3-7-16-10-14)8-12-4-2-5-13(9-12)15(17)18/h2-10H,1H3,(H,17,18). The van der Waals surface area contributed by atoms with E-state index in [0.29, 0.717) is 5.56 Å². The lowest BCUT2D eigenvalue weighted by molar-refractivity contribution is 0.0697. The van der Waals surface area contributed by atoms with Crippen LogP contribution in [0.5, 0.6) is 0 Å². The maximum atomic E-state index is 10.9. The summed E-state index contributed by atoms with van der Waals surface area (Å²) >= 11 is 0. The molecule has 0 amide bonds. The monoisotopic (exact) mass is 239 g/mol. The molecular weight excluding hydrogens is 226 g/mol. The molecular formula is C15H13NO2. The molecule has 0 bridgehead atoms. The van der Waals surface area contributed by atoms with Gasteiger partial charge in [-0.15, -0.1) is 0 Å². The van der Waals surface area contributed by atoms with Crippen molar-refractivity contribution in [3.63, 3.8) is 0 Å². The third-order valence-corrected chi connectivity index (χ3v) is 2.63. The van der Waals surface area contributed by atoms with Crippen LogP contribution >= 0.6 is 0 Å². The van der Waals surface area contributed by atoms with Crippen LogP contribution in [-0.4, -0.2) is 16.1 Å². The van der Waals surface area contributed by atoms with Gasteiger partial charge in [0.15, 0.2) is 0 Å². The van der Waals surface area contributed by atoms with Crippen molar-refractivity contribution in [2.45, 2.75) is 6.92 Å². The topological polar surface area (TPSA) is 50.2 Å². The van der Waals surface area contributed by atoms with E-state index in [-0.39, 0.29) is 0 Å². The third kappa shape index (κ3) is 2.83. The van der Waals surface area contributed by atoms with Crippen LogP contribution in [0.1, 0.15) is 28.4 Å². The molecule has 1 heterocycles. The minimum atomic E-state index is -0.913. The number of benzene rings is 1. The van der Waals surface area contributed by atoms with Gasteiger partial charge < -0.3 is 5.11 Å². The Balaban J connectivity index is 2.33. The summed E-state index contributed by atoms with van der Waals surface area (Å²) in [6, 6.07) is 10.7. The highest BCUT2D eigenvalue weighted by Crippen LogP contribution is 2.17. The van der Waals surface area contributed by atoms with E-state index < -0.39 is 5.97 Å². The highest BCUT2D eigenvalue weighted by Gasteiger charge is 2.02. The van der Waals surface area contributed by atoms with Gasteiger partial charge in [0.2, 0.25) is 0 Å². The van der Waals surface area contributed by atoms with Crippen molar-refractivity contribution in [1.29, 1.82) is 0 Å². The second-order valence-corrected chi connectivity index (χ2v) is 4.00. The second kappa shape index (κ2) is 5.27. The third-order valence-electron chi connectivity index (χ3n) is 2.63. The zero-order valence-corrected chi connectivity index (χ0v) is 10.00. The summed E-state index contributed by atoms with van der Waals surface area (Å²) in [5.41, 5.74) is 3.24. The van der Waals surface area contributed by atoms with Crippen molar-refractivity contribution in [2.75, 3.05) is 0 Å². The van der Waals surface area contributed by atoms with Crippen LogP contribution in [0.3, 0.4) is 0 Å². The highest BCUT2D eigenvalue weighted by atomic mass is 16.4. The van der Waals surface area contributed by atoms with E-state index in [1.807, 2.05) is 31.2 Å². The molecule has 2 aromatic rings. The molecule has 3 nitrogen and oxygen atoms in total. The molecule has 0 radical (unpaired) electrons. The normalized spacial score (nSPS) is 11.3. The maximum Gasteiger partial charge on any atom is 0.335 e. The summed E-state index contributed by atoms with van der Waals surface area (Å²) in [4.78, 5) is 14.9. The Labute approximate surface area is 105 Å². The highest BCUT2D eigenvalue weighted by molar-refractivity contribution is 5.89. The predicted octanol–water partition coefficient (Wildman–Crippen LogP) is 3.34. The minimum absolute atomic E-state index is 0.294. The van der Waals surface area contributed by atoms with Gasteiger partial charge >= 0.3 is 5.97 Å². The largest absolute Gasteiger partial charge is 0.478 e. The Bertz CT molecular complexity index is 588. The summed E-state index contributed by atoms with van der Waals surface area (Å²) in [6.45, 7) is 1.98. The Kier molecular flexibility index (Phi) is 3.53. The van der Waals surface area contributed by atoms with Crippen molar-refractivity contribution in [3.8, 4) is 0 Å². The number of aromatic carboxylic acids is 1. The lowest BCUT2D eigenvalue weighted by atomic mass is 10.0. The molecule has 18 heavy (non-hydrogen) atoms. The van der Waals surface area contributed by atoms with Crippen molar-refractivity contribution < 1.29 is 9.90 Å². The molecule has 90 valence electrons. The fourth-order valence-corrected chi connectivity index (χ4v) is 1.69. The van der Waals surface area contributed by atoms with E-state index in [1.54, 1.807) is 30.6 Å². The number of nitrogens with zero attached hydrogens (tertiary/aromatic N) is 1. The van der Waals surface area contributed by atoms with E-state index in [4.69, 9.17) is 5.11 Å². The van der Waals surface area contributed by atoms with Gasteiger partial charge in [0, 0.05) is 12.4 Å². The number of allylic oxidation sites excluding steroid dienone is 1. The summed E-state index contributed by atoms with van der Waals surface area (Å²) in [5.74, 6) is -0.913. The molecule has 1 aromatic heterocycles. The van der Waals surface area contributed by atoms with Gasteiger partial charge in [0.25, 0.3) is 0 Å². The SMILES string of the molecule is CC(=Cc1cccc(C(=O)O)c1)c1cccnc1. The van der Waals surface area contributed by atoms with Gasteiger partial charge in [-0.25, -0.2) is 4.79 Å². The summed E-state index contributed by atoms with van der Waals surface area (Å²) in [6.07, 6.45) is 5.46. The first-order chi connectivity index (χ1) is 8.66. The molecule has 0 saturated carbocycles. The number of aromatic nitrogens is 1. The Hall–Kier alpha value is -2.42. The fraction of sp³-hybridized carbons (Fsp3) is 0.0667. The van der Waals surface area contributed by atoms with E-state index >= 15 is 0 Å². The Morgan fingerprint density at radius 3 is 2.67 bits per heavy atom. The van der Waals surface area contributed by atoms with Gasteiger partial charge in [-0.3, -0.25) is 4.98 Å². The summed E-state index contributed by atoms with van der Waals surface area (Å²) < 4.78 is 0. The van der Waals surface area contributed by atoms with Crippen molar-refractivity contribution in [1.82, 2.24) is 4.98 Å². The Morgan fingerprint density at radius 2 is 2.00 bits per heavy atom. The lowest BCUT2D eigenvalue weighted by Crippen LogP contribution is -1.95. The number of pyridine rings is 1. The van der Waals surface area contributed by atoms with Crippen LogP contribution in [0.25, 0.3) is 11.6 Å². The molecule has 1 aromatic carbocycles. The molecule has 3 heteroatoms. The molecule has 2 rings (SSSR count). The van der Waals surface area contributed by atoms with Crippen LogP contribution in [0, 0.1) is 0 Å². The fourth-order valence-electron chi connectivity index (χ4n) is 1.69. The zero-order valence-electron chi connectivity index (χ0n) is 10.00. The van der Waals surface area contributed by atoms with E-state index in [1.165, 1.54) is 0 Å². The molecule has 0 saturated heterocycles. The van der Waals surface area contributed by atoms with Crippen LogP contribution in [0.15, 0.2) is 48.8 Å². The average Bonchev–Trinajstić information content (AvgIpc) is 2.40. The van der Waals surface area contributed by atoms with Crippen molar-refractivity contribution in [2.24, 2.45) is 0 Å². The number of carboxylic acids is 1. The number of hydrogen-bond donors (Lipinski definition) is 1. The van der Waals surface area contributed by atoms with E-state index in [0.717, 1.165) is 16.7 Å². The van der Waals surface area contributed by atoms with Gasteiger partial charge in [0.1, 0.15) is 0 Å². The van der Waals surface area contributed by atoms with Crippen molar-refractivity contribution >= 4 is 17.6 Å². The second-order valence-electron chi connectivity index (χ2n) is 4.00. The van der Waals surface area contributed by atoms with Gasteiger partial charge in [-0.2, -0.15) is 0 Å². The summed E-state index contributed by atoms with van der Waals surface area (Å²) in [5, 5.41) is 8.93. The molecule has 0 fully saturated rings. The van der Waals surface area contributed by atoms with Crippen LogP contribution in [-0.2, 0) is 0 Å². The molecule has 0 unspecified atom stereocenters. The first-order valence-electron chi connectivity index (χ1n) is 5.59. The van der Waals surface area contributed by atoms with Crippen LogP contribution in [0.2, 0.25) is 0 Å². The van der Waals surface area contributed by atoms with Crippen LogP contribution in [0.4, 0.5) is 0 Å². The van der Waals surface area contributed by atoms with Gasteiger partial charge in [0.05, 0.1) is 5.56 Å². The molecule has 1 N–H and O–H groups in total. The van der Waals surface area contributed by atoms with Crippen LogP contribution < -0.4 is 0 Å². The first-order valence-corrected chi connectivity index (χ1v) is 5.59. The van der Waals surface area contributed by atoms with Gasteiger partial charge in [-0.05, 0) is 41.8 Å². The van der Waals surface area contributed by atoms with Crippen molar-refractivity contribution in [3.05, 3.63) is 65.5 Å². The molecule has 0 aliphatic carbocycles. The van der Waals surface area contributed by atoms with E-state index in [2.05, 4.69) is 4.98 Å². The molecule has 0 aliphatic rings. The number of hydrogen-bond acceptors (Lipinski definition) is 2. The predicted molar refractivity (Wildman–Crippen MR) is 71.2 cm³/mol. The quantitative estimate of drug-likeness (QED) is 0.893. The molecule has 0 aliphatic heterocycles. The smallest absolute Gasteiger partial charge is 0.335 e. The molecule has 0 spiro atoms. The number of rotatable bonds is 3. The number of carboxylic acid groups (broad SMARTS) is 1. The maximum absolute atomic E-state index is 10.9. The minimum Gasteiger partial charge on any atom is -0.478 e. The summed E-state index contributed by atoms with van der Waals surface area (Å²) in [7, 11) is 0. The number of carbonyl (C=O) groups is 1. The molecule has 0 atom stereocenters. The van der Waals surface area contributed by atoms with Gasteiger partial charge in [-0.1, -0.05) is 24.3 Å². The lowest BCUT2D eigenvalue weighted by Gasteiger charge is -2.02. The zero-order chi connectivity index (χ0) is 13.0. The Morgan fingerprint density at radius 1 is 1.22 bits per heavy atom. The van der Waals surface area contributed by atoms with E-state index in [9.17, 15) is 4.79 Å².